The number of nitrogens with zero attached hydrogens (tertiary/aromatic N) is 3. The predicted octanol–water partition coefficient (Wildman–Crippen LogP) is 1.42. The van der Waals surface area contributed by atoms with Crippen molar-refractivity contribution in [2.45, 2.75) is 38.9 Å². The molecule has 2 aliphatic rings. The second-order valence-electron chi connectivity index (χ2n) is 5.52. The van der Waals surface area contributed by atoms with Crippen molar-refractivity contribution in [2.75, 3.05) is 6.79 Å². The molecule has 2 aromatic rings. The SMILES string of the molecule is Cc1nc2n(n1)C[C@H](NCc1cccc3c1OCO3)CC2. The monoisotopic (exact) mass is 286 g/mol. The van der Waals surface area contributed by atoms with Crippen LogP contribution in [0.25, 0.3) is 0 Å². The molecule has 0 saturated carbocycles. The molecule has 3 heterocycles. The molecule has 0 fully saturated rings. The first-order chi connectivity index (χ1) is 10.3. The molecule has 110 valence electrons. The van der Waals surface area contributed by atoms with Gasteiger partial charge in [0, 0.05) is 24.6 Å². The van der Waals surface area contributed by atoms with Crippen LogP contribution in [0.1, 0.15) is 23.6 Å². The third kappa shape index (κ3) is 2.35. The number of aryl methyl sites for hydroxylation is 2. The molecule has 21 heavy (non-hydrogen) atoms. The average Bonchev–Trinajstić information content (AvgIpc) is 3.09. The van der Waals surface area contributed by atoms with E-state index in [9.17, 15) is 0 Å². The molecule has 4 rings (SSSR count). The summed E-state index contributed by atoms with van der Waals surface area (Å²) >= 11 is 0. The van der Waals surface area contributed by atoms with Gasteiger partial charge in [0.25, 0.3) is 0 Å². The van der Waals surface area contributed by atoms with E-state index in [4.69, 9.17) is 9.47 Å². The van der Waals surface area contributed by atoms with Gasteiger partial charge in [0.1, 0.15) is 11.6 Å². The number of benzene rings is 1. The zero-order chi connectivity index (χ0) is 14.2. The maximum absolute atomic E-state index is 5.54. The van der Waals surface area contributed by atoms with E-state index in [2.05, 4.69) is 21.5 Å². The van der Waals surface area contributed by atoms with Crippen LogP contribution >= 0.6 is 0 Å². The normalized spacial score (nSPS) is 19.6. The summed E-state index contributed by atoms with van der Waals surface area (Å²) in [6.45, 7) is 3.92. The number of ether oxygens (including phenoxy) is 2. The van der Waals surface area contributed by atoms with Crippen LogP contribution in [-0.2, 0) is 19.5 Å². The molecule has 6 heteroatoms. The van der Waals surface area contributed by atoms with E-state index >= 15 is 0 Å². The highest BCUT2D eigenvalue weighted by molar-refractivity contribution is 5.48. The van der Waals surface area contributed by atoms with E-state index < -0.39 is 0 Å². The summed E-state index contributed by atoms with van der Waals surface area (Å²) in [6, 6.07) is 6.44. The third-order valence-electron chi connectivity index (χ3n) is 4.02. The van der Waals surface area contributed by atoms with Crippen molar-refractivity contribution in [1.29, 1.82) is 0 Å². The number of hydrogen-bond donors (Lipinski definition) is 1. The lowest BCUT2D eigenvalue weighted by Gasteiger charge is -2.23. The van der Waals surface area contributed by atoms with Gasteiger partial charge in [-0.2, -0.15) is 5.10 Å². The van der Waals surface area contributed by atoms with Crippen LogP contribution in [-0.4, -0.2) is 27.6 Å². The number of aromatic nitrogens is 3. The molecule has 0 spiro atoms. The lowest BCUT2D eigenvalue weighted by atomic mass is 10.1. The highest BCUT2D eigenvalue weighted by atomic mass is 16.7. The maximum Gasteiger partial charge on any atom is 0.231 e. The number of para-hydroxylation sites is 1. The van der Waals surface area contributed by atoms with E-state index in [1.807, 2.05) is 23.7 Å². The Morgan fingerprint density at radius 3 is 3.29 bits per heavy atom. The second-order valence-corrected chi connectivity index (χ2v) is 5.52. The zero-order valence-corrected chi connectivity index (χ0v) is 12.0. The molecule has 0 unspecified atom stereocenters. The van der Waals surface area contributed by atoms with Gasteiger partial charge in [0.2, 0.25) is 6.79 Å². The van der Waals surface area contributed by atoms with Crippen LogP contribution in [0, 0.1) is 6.92 Å². The third-order valence-corrected chi connectivity index (χ3v) is 4.02. The van der Waals surface area contributed by atoms with Crippen LogP contribution in [0.5, 0.6) is 11.5 Å². The summed E-state index contributed by atoms with van der Waals surface area (Å²) in [6.07, 6.45) is 2.07. The first kappa shape index (κ1) is 12.6. The van der Waals surface area contributed by atoms with Crippen molar-refractivity contribution < 1.29 is 9.47 Å². The molecule has 0 aliphatic carbocycles. The largest absolute Gasteiger partial charge is 0.454 e. The van der Waals surface area contributed by atoms with Gasteiger partial charge in [0.15, 0.2) is 11.5 Å². The topological polar surface area (TPSA) is 61.2 Å². The summed E-state index contributed by atoms with van der Waals surface area (Å²) < 4.78 is 13.0. The van der Waals surface area contributed by atoms with Gasteiger partial charge in [-0.15, -0.1) is 0 Å². The van der Waals surface area contributed by atoms with Crippen molar-refractivity contribution in [3.8, 4) is 11.5 Å². The highest BCUT2D eigenvalue weighted by Crippen LogP contribution is 2.35. The van der Waals surface area contributed by atoms with Gasteiger partial charge in [-0.05, 0) is 19.4 Å². The standard InChI is InChI=1S/C15H18N4O2/c1-10-17-14-6-5-12(8-19(14)18-10)16-7-11-3-2-4-13-15(11)21-9-20-13/h2-4,12,16H,5-9H2,1H3/t12-/m1/s1. The predicted molar refractivity (Wildman–Crippen MR) is 76.3 cm³/mol. The van der Waals surface area contributed by atoms with E-state index in [1.165, 1.54) is 0 Å². The van der Waals surface area contributed by atoms with Crippen LogP contribution in [0.15, 0.2) is 18.2 Å². The Kier molecular flexibility index (Phi) is 3.03. The molecule has 1 atom stereocenters. The minimum atomic E-state index is 0.317. The van der Waals surface area contributed by atoms with E-state index in [0.29, 0.717) is 12.8 Å². The Balaban J connectivity index is 1.43. The van der Waals surface area contributed by atoms with Crippen molar-refractivity contribution in [2.24, 2.45) is 0 Å². The van der Waals surface area contributed by atoms with Gasteiger partial charge in [-0.3, -0.25) is 0 Å². The number of fused-ring (bicyclic) bond motifs is 2. The molecule has 2 aliphatic heterocycles. The second kappa shape index (κ2) is 5.04. The van der Waals surface area contributed by atoms with Crippen LogP contribution in [0.2, 0.25) is 0 Å². The van der Waals surface area contributed by atoms with Gasteiger partial charge >= 0.3 is 0 Å². The van der Waals surface area contributed by atoms with Crippen LogP contribution in [0.3, 0.4) is 0 Å². The first-order valence-electron chi connectivity index (χ1n) is 7.31. The molecular formula is C15H18N4O2. The summed E-state index contributed by atoms with van der Waals surface area (Å²) in [5, 5.41) is 8.03. The Hall–Kier alpha value is -2.08. The minimum Gasteiger partial charge on any atom is -0.454 e. The summed E-state index contributed by atoms with van der Waals surface area (Å²) in [4.78, 5) is 4.44. The fraction of sp³-hybridized carbons (Fsp3) is 0.467. The molecule has 0 bridgehead atoms. The zero-order valence-electron chi connectivity index (χ0n) is 12.0. The molecular weight excluding hydrogens is 268 g/mol. The maximum atomic E-state index is 5.54. The number of nitrogens with one attached hydrogen (secondary N) is 1. The molecule has 1 aromatic heterocycles. The van der Waals surface area contributed by atoms with Crippen molar-refractivity contribution >= 4 is 0 Å². The Bertz CT molecular complexity index is 668. The summed E-state index contributed by atoms with van der Waals surface area (Å²) in [5.74, 6) is 3.67. The fourth-order valence-corrected chi connectivity index (χ4v) is 2.98. The smallest absolute Gasteiger partial charge is 0.231 e. The average molecular weight is 286 g/mol. The quantitative estimate of drug-likeness (QED) is 0.924. The molecule has 1 aromatic carbocycles. The molecule has 0 saturated heterocycles. The number of hydrogen-bond acceptors (Lipinski definition) is 5. The van der Waals surface area contributed by atoms with Crippen molar-refractivity contribution in [3.63, 3.8) is 0 Å². The minimum absolute atomic E-state index is 0.317. The molecule has 1 N–H and O–H groups in total. The van der Waals surface area contributed by atoms with Crippen LogP contribution < -0.4 is 14.8 Å². The number of rotatable bonds is 3. The molecule has 0 amide bonds. The van der Waals surface area contributed by atoms with Gasteiger partial charge in [0.05, 0.1) is 6.54 Å². The summed E-state index contributed by atoms with van der Waals surface area (Å²) in [5.41, 5.74) is 1.14. The first-order valence-corrected chi connectivity index (χ1v) is 7.31. The van der Waals surface area contributed by atoms with E-state index in [-0.39, 0.29) is 0 Å². The van der Waals surface area contributed by atoms with E-state index in [1.54, 1.807) is 0 Å². The lowest BCUT2D eigenvalue weighted by molar-refractivity contribution is 0.173. The summed E-state index contributed by atoms with van der Waals surface area (Å²) in [7, 11) is 0. The highest BCUT2D eigenvalue weighted by Gasteiger charge is 2.22. The van der Waals surface area contributed by atoms with Gasteiger partial charge < -0.3 is 14.8 Å². The van der Waals surface area contributed by atoms with E-state index in [0.717, 1.165) is 54.6 Å². The van der Waals surface area contributed by atoms with Crippen molar-refractivity contribution in [1.82, 2.24) is 20.1 Å². The van der Waals surface area contributed by atoms with Gasteiger partial charge in [-0.25, -0.2) is 9.67 Å². The fourth-order valence-electron chi connectivity index (χ4n) is 2.98. The Labute approximate surface area is 123 Å². The lowest BCUT2D eigenvalue weighted by Crippen LogP contribution is -2.37. The Morgan fingerprint density at radius 2 is 2.33 bits per heavy atom. The van der Waals surface area contributed by atoms with Crippen LogP contribution in [0.4, 0.5) is 0 Å². The van der Waals surface area contributed by atoms with Crippen molar-refractivity contribution in [3.05, 3.63) is 35.4 Å². The Morgan fingerprint density at radius 1 is 1.38 bits per heavy atom. The van der Waals surface area contributed by atoms with Gasteiger partial charge in [-0.1, -0.05) is 12.1 Å². The molecule has 0 radical (unpaired) electrons. The molecule has 6 nitrogen and oxygen atoms in total.